The van der Waals surface area contributed by atoms with Gasteiger partial charge in [-0.15, -0.1) is 0 Å². The van der Waals surface area contributed by atoms with Gasteiger partial charge in [-0.2, -0.15) is 0 Å². The van der Waals surface area contributed by atoms with Crippen LogP contribution in [0.25, 0.3) is 11.3 Å². The molecule has 1 saturated heterocycles. The highest BCUT2D eigenvalue weighted by Crippen LogP contribution is 2.26. The van der Waals surface area contributed by atoms with E-state index in [2.05, 4.69) is 10.3 Å². The monoisotopic (exact) mass is 436 g/mol. The lowest BCUT2D eigenvalue weighted by Gasteiger charge is -2.32. The number of benzene rings is 1. The van der Waals surface area contributed by atoms with Crippen molar-refractivity contribution in [2.45, 2.75) is 38.8 Å². The van der Waals surface area contributed by atoms with E-state index in [9.17, 15) is 9.18 Å². The maximum atomic E-state index is 14.0. The van der Waals surface area contributed by atoms with Crippen molar-refractivity contribution in [1.29, 1.82) is 0 Å². The van der Waals surface area contributed by atoms with Crippen LogP contribution in [0.4, 0.5) is 9.18 Å². The second kappa shape index (κ2) is 9.62. The first-order valence-corrected chi connectivity index (χ1v) is 10.2. The SMILES string of the molecule is CC(C)(C)NC(=O)OC1COCCC1COc1ccc(-c2ncc(Cl)cc2F)cc1. The molecule has 30 heavy (non-hydrogen) atoms. The maximum absolute atomic E-state index is 14.0. The summed E-state index contributed by atoms with van der Waals surface area (Å²) in [6.45, 7) is 6.98. The number of hydrogen-bond acceptors (Lipinski definition) is 5. The van der Waals surface area contributed by atoms with Gasteiger partial charge in [-0.05, 0) is 57.5 Å². The molecule has 2 heterocycles. The molecule has 1 aromatic heterocycles. The van der Waals surface area contributed by atoms with E-state index in [0.717, 1.165) is 6.42 Å². The van der Waals surface area contributed by atoms with Gasteiger partial charge in [0.2, 0.25) is 0 Å². The van der Waals surface area contributed by atoms with Gasteiger partial charge < -0.3 is 19.5 Å². The molecule has 3 rings (SSSR count). The predicted octanol–water partition coefficient (Wildman–Crippen LogP) is 4.85. The molecule has 162 valence electrons. The van der Waals surface area contributed by atoms with Crippen LogP contribution < -0.4 is 10.1 Å². The Hall–Kier alpha value is -2.38. The molecule has 0 aliphatic carbocycles. The molecule has 6 nitrogen and oxygen atoms in total. The van der Waals surface area contributed by atoms with Gasteiger partial charge in [0.25, 0.3) is 0 Å². The highest BCUT2D eigenvalue weighted by atomic mass is 35.5. The van der Waals surface area contributed by atoms with Crippen molar-refractivity contribution in [1.82, 2.24) is 10.3 Å². The summed E-state index contributed by atoms with van der Waals surface area (Å²) in [7, 11) is 0. The molecule has 1 aliphatic rings. The molecule has 1 N–H and O–H groups in total. The van der Waals surface area contributed by atoms with Crippen LogP contribution in [0.15, 0.2) is 36.5 Å². The Morgan fingerprint density at radius 1 is 1.33 bits per heavy atom. The number of pyridine rings is 1. The Balaban J connectivity index is 1.58. The van der Waals surface area contributed by atoms with Gasteiger partial charge in [0.05, 0.1) is 18.2 Å². The number of amides is 1. The second-order valence-corrected chi connectivity index (χ2v) is 8.70. The van der Waals surface area contributed by atoms with Crippen molar-refractivity contribution in [2.75, 3.05) is 19.8 Å². The van der Waals surface area contributed by atoms with Gasteiger partial charge in [0.1, 0.15) is 17.5 Å². The highest BCUT2D eigenvalue weighted by molar-refractivity contribution is 6.30. The fourth-order valence-corrected chi connectivity index (χ4v) is 3.23. The first kappa shape index (κ1) is 22.3. The highest BCUT2D eigenvalue weighted by Gasteiger charge is 2.30. The average Bonchev–Trinajstić information content (AvgIpc) is 2.66. The van der Waals surface area contributed by atoms with Gasteiger partial charge in [-0.1, -0.05) is 11.6 Å². The van der Waals surface area contributed by atoms with Crippen LogP contribution in [-0.2, 0) is 9.47 Å². The summed E-state index contributed by atoms with van der Waals surface area (Å²) in [6, 6.07) is 8.22. The normalized spacial score (nSPS) is 19.2. The van der Waals surface area contributed by atoms with Crippen molar-refractivity contribution in [2.24, 2.45) is 5.92 Å². The number of alkyl carbamates (subject to hydrolysis) is 1. The van der Waals surface area contributed by atoms with Crippen molar-refractivity contribution in [3.63, 3.8) is 0 Å². The molecule has 8 heteroatoms. The Labute approximate surface area is 180 Å². The average molecular weight is 437 g/mol. The van der Waals surface area contributed by atoms with Crippen molar-refractivity contribution in [3.8, 4) is 17.0 Å². The Bertz CT molecular complexity index is 870. The summed E-state index contributed by atoms with van der Waals surface area (Å²) >= 11 is 5.75. The molecule has 1 aliphatic heterocycles. The fourth-order valence-electron chi connectivity index (χ4n) is 3.09. The molecule has 0 saturated carbocycles. The van der Waals surface area contributed by atoms with E-state index in [-0.39, 0.29) is 28.3 Å². The van der Waals surface area contributed by atoms with Crippen LogP contribution in [0.3, 0.4) is 0 Å². The number of aromatic nitrogens is 1. The van der Waals surface area contributed by atoms with Crippen molar-refractivity contribution in [3.05, 3.63) is 47.4 Å². The molecule has 2 unspecified atom stereocenters. The lowest BCUT2D eigenvalue weighted by atomic mass is 9.98. The molecule has 2 aromatic rings. The van der Waals surface area contributed by atoms with Crippen LogP contribution >= 0.6 is 11.6 Å². The van der Waals surface area contributed by atoms with Gasteiger partial charge >= 0.3 is 6.09 Å². The van der Waals surface area contributed by atoms with E-state index in [1.807, 2.05) is 20.8 Å². The van der Waals surface area contributed by atoms with Crippen molar-refractivity contribution >= 4 is 17.7 Å². The number of carbonyl (C=O) groups is 1. The summed E-state index contributed by atoms with van der Waals surface area (Å²) in [5.41, 5.74) is 0.482. The zero-order chi connectivity index (χ0) is 21.7. The van der Waals surface area contributed by atoms with E-state index in [1.54, 1.807) is 24.3 Å². The summed E-state index contributed by atoms with van der Waals surface area (Å²) in [5.74, 6) is 0.170. The first-order valence-electron chi connectivity index (χ1n) is 9.82. The molecule has 0 bridgehead atoms. The number of nitrogens with zero attached hydrogens (tertiary/aromatic N) is 1. The number of carbonyl (C=O) groups excluding carboxylic acids is 1. The summed E-state index contributed by atoms with van der Waals surface area (Å²) in [6.07, 6.45) is 1.29. The second-order valence-electron chi connectivity index (χ2n) is 8.26. The third-order valence-corrected chi connectivity index (χ3v) is 4.78. The van der Waals surface area contributed by atoms with Gasteiger partial charge in [-0.3, -0.25) is 4.98 Å². The summed E-state index contributed by atoms with van der Waals surface area (Å²) in [4.78, 5) is 16.1. The van der Waals surface area contributed by atoms with E-state index in [0.29, 0.717) is 31.1 Å². The smallest absolute Gasteiger partial charge is 0.407 e. The summed E-state index contributed by atoms with van der Waals surface area (Å²) in [5, 5.41) is 3.04. The number of halogens is 2. The number of hydrogen-bond donors (Lipinski definition) is 1. The maximum Gasteiger partial charge on any atom is 0.407 e. The van der Waals surface area contributed by atoms with Gasteiger partial charge in [0.15, 0.2) is 5.82 Å². The van der Waals surface area contributed by atoms with E-state index < -0.39 is 11.9 Å². The lowest BCUT2D eigenvalue weighted by molar-refractivity contribution is -0.0628. The van der Waals surface area contributed by atoms with Crippen molar-refractivity contribution < 1.29 is 23.4 Å². The van der Waals surface area contributed by atoms with Gasteiger partial charge in [0, 0.05) is 29.8 Å². The molecule has 1 aromatic carbocycles. The standard InChI is InChI=1S/C22H26ClFN2O4/c1-22(2,3)26-21(27)30-19-13-28-9-8-15(19)12-29-17-6-4-14(5-7-17)20-18(24)10-16(23)11-25-20/h4-7,10-11,15,19H,8-9,12-13H2,1-3H3,(H,26,27). The minimum absolute atomic E-state index is 0.0134. The van der Waals surface area contributed by atoms with E-state index in [4.69, 9.17) is 25.8 Å². The molecule has 1 fully saturated rings. The van der Waals surface area contributed by atoms with Crippen LogP contribution in [0.2, 0.25) is 5.02 Å². The Morgan fingerprint density at radius 3 is 2.73 bits per heavy atom. The minimum Gasteiger partial charge on any atom is -0.493 e. The third-order valence-electron chi connectivity index (χ3n) is 4.58. The zero-order valence-electron chi connectivity index (χ0n) is 17.3. The van der Waals surface area contributed by atoms with Crippen LogP contribution in [-0.4, -0.2) is 42.5 Å². The number of ether oxygens (including phenoxy) is 3. The quantitative estimate of drug-likeness (QED) is 0.725. The van der Waals surface area contributed by atoms with Crippen LogP contribution in [0.5, 0.6) is 5.75 Å². The van der Waals surface area contributed by atoms with E-state index in [1.165, 1.54) is 12.3 Å². The Kier molecular flexibility index (Phi) is 7.15. The summed E-state index contributed by atoms with van der Waals surface area (Å²) < 4.78 is 31.0. The van der Waals surface area contributed by atoms with Gasteiger partial charge in [-0.25, -0.2) is 9.18 Å². The molecular formula is C22H26ClFN2O4. The lowest BCUT2D eigenvalue weighted by Crippen LogP contribution is -2.46. The molecule has 0 radical (unpaired) electrons. The number of rotatable bonds is 5. The van der Waals surface area contributed by atoms with Crippen LogP contribution in [0, 0.1) is 11.7 Å². The topological polar surface area (TPSA) is 69.7 Å². The largest absolute Gasteiger partial charge is 0.493 e. The molecule has 0 spiro atoms. The molecule has 2 atom stereocenters. The zero-order valence-corrected chi connectivity index (χ0v) is 18.0. The molecule has 1 amide bonds. The predicted molar refractivity (Wildman–Crippen MR) is 112 cm³/mol. The first-order chi connectivity index (χ1) is 14.2. The number of nitrogens with one attached hydrogen (secondary N) is 1. The minimum atomic E-state index is -0.480. The fraction of sp³-hybridized carbons (Fsp3) is 0.455. The third kappa shape index (κ3) is 6.31. The Morgan fingerprint density at radius 2 is 2.07 bits per heavy atom. The van der Waals surface area contributed by atoms with E-state index >= 15 is 0 Å². The van der Waals surface area contributed by atoms with Crippen LogP contribution in [0.1, 0.15) is 27.2 Å². The molecular weight excluding hydrogens is 411 g/mol.